The highest BCUT2D eigenvalue weighted by Gasteiger charge is 2.17. The van der Waals surface area contributed by atoms with E-state index < -0.39 is 4.92 Å². The van der Waals surface area contributed by atoms with Gasteiger partial charge in [0.05, 0.1) is 15.5 Å². The Kier molecular flexibility index (Phi) is 4.25. The van der Waals surface area contributed by atoms with Crippen LogP contribution in [0.3, 0.4) is 0 Å². The lowest BCUT2D eigenvalue weighted by Gasteiger charge is -2.11. The molecule has 0 saturated heterocycles. The van der Waals surface area contributed by atoms with Crippen molar-refractivity contribution in [1.29, 1.82) is 0 Å². The molecule has 0 atom stereocenters. The smallest absolute Gasteiger partial charge is 0.277 e. The van der Waals surface area contributed by atoms with Crippen molar-refractivity contribution >= 4 is 17.3 Å². The average molecular weight is 292 g/mol. The highest BCUT2D eigenvalue weighted by atomic mass is 35.5. The lowest BCUT2D eigenvalue weighted by Crippen LogP contribution is -2.02. The summed E-state index contributed by atoms with van der Waals surface area (Å²) in [6.07, 6.45) is 0. The summed E-state index contributed by atoms with van der Waals surface area (Å²) in [4.78, 5) is 10.5. The summed E-state index contributed by atoms with van der Waals surface area (Å²) >= 11 is 6.02. The maximum Gasteiger partial charge on any atom is 0.277 e. The Morgan fingerprint density at radius 3 is 2.65 bits per heavy atom. The van der Waals surface area contributed by atoms with Crippen molar-refractivity contribution < 1.29 is 9.66 Å². The van der Waals surface area contributed by atoms with Gasteiger partial charge in [0, 0.05) is 6.07 Å². The van der Waals surface area contributed by atoms with Crippen LogP contribution in [0.4, 0.5) is 5.69 Å². The average Bonchev–Trinajstić information content (AvgIpc) is 2.38. The number of halogens is 1. The van der Waals surface area contributed by atoms with Gasteiger partial charge in [0.25, 0.3) is 5.69 Å². The van der Waals surface area contributed by atoms with Crippen molar-refractivity contribution in [3.63, 3.8) is 0 Å². The van der Waals surface area contributed by atoms with Crippen LogP contribution >= 0.6 is 11.6 Å². The quantitative estimate of drug-likeness (QED) is 0.618. The lowest BCUT2D eigenvalue weighted by molar-refractivity contribution is -0.385. The number of rotatable bonds is 4. The van der Waals surface area contributed by atoms with Gasteiger partial charge in [0.1, 0.15) is 12.4 Å². The Bertz CT molecular complexity index is 656. The Morgan fingerprint density at radius 2 is 2.00 bits per heavy atom. The Morgan fingerprint density at radius 1 is 1.25 bits per heavy atom. The topological polar surface area (TPSA) is 52.4 Å². The van der Waals surface area contributed by atoms with E-state index in [0.717, 1.165) is 11.1 Å². The van der Waals surface area contributed by atoms with E-state index >= 15 is 0 Å². The molecule has 104 valence electrons. The summed E-state index contributed by atoms with van der Waals surface area (Å²) in [5, 5.41) is 11.3. The molecular weight excluding hydrogens is 278 g/mol. The second kappa shape index (κ2) is 5.92. The van der Waals surface area contributed by atoms with Crippen LogP contribution in [-0.2, 0) is 6.61 Å². The lowest BCUT2D eigenvalue weighted by atomic mass is 10.1. The van der Waals surface area contributed by atoms with Gasteiger partial charge in [-0.3, -0.25) is 10.1 Å². The van der Waals surface area contributed by atoms with Crippen molar-refractivity contribution in [2.45, 2.75) is 20.5 Å². The first kappa shape index (κ1) is 14.3. The normalized spacial score (nSPS) is 10.3. The molecule has 0 heterocycles. The number of aryl methyl sites for hydroxylation is 2. The third-order valence-corrected chi connectivity index (χ3v) is 3.35. The molecule has 4 nitrogen and oxygen atoms in total. The second-order valence-electron chi connectivity index (χ2n) is 4.55. The van der Waals surface area contributed by atoms with Gasteiger partial charge in [0.2, 0.25) is 0 Å². The molecule has 0 fully saturated rings. The number of hydrogen-bond acceptors (Lipinski definition) is 3. The Labute approximate surface area is 122 Å². The van der Waals surface area contributed by atoms with Gasteiger partial charge in [-0.25, -0.2) is 0 Å². The third kappa shape index (κ3) is 3.08. The molecule has 0 amide bonds. The van der Waals surface area contributed by atoms with E-state index in [9.17, 15) is 10.1 Å². The van der Waals surface area contributed by atoms with E-state index in [1.807, 2.05) is 32.0 Å². The highest BCUT2D eigenvalue weighted by molar-refractivity contribution is 6.31. The molecule has 5 heteroatoms. The van der Waals surface area contributed by atoms with E-state index in [4.69, 9.17) is 16.3 Å². The van der Waals surface area contributed by atoms with Crippen LogP contribution in [0.15, 0.2) is 36.4 Å². The van der Waals surface area contributed by atoms with E-state index in [2.05, 4.69) is 0 Å². The molecule has 0 bridgehead atoms. The zero-order valence-electron chi connectivity index (χ0n) is 11.2. The number of nitro groups is 1. The van der Waals surface area contributed by atoms with E-state index in [1.54, 1.807) is 12.1 Å². The highest BCUT2D eigenvalue weighted by Crippen LogP contribution is 2.28. The molecule has 0 spiro atoms. The molecule has 0 radical (unpaired) electrons. The van der Waals surface area contributed by atoms with Crippen LogP contribution in [-0.4, -0.2) is 4.92 Å². The third-order valence-electron chi connectivity index (χ3n) is 2.99. The summed E-state index contributed by atoms with van der Waals surface area (Å²) in [5.41, 5.74) is 2.49. The maximum atomic E-state index is 11.0. The molecule has 0 aromatic heterocycles. The largest absolute Gasteiger partial charge is 0.488 e. The second-order valence-corrected chi connectivity index (χ2v) is 4.96. The Hall–Kier alpha value is -2.07. The van der Waals surface area contributed by atoms with Gasteiger partial charge in [-0.15, -0.1) is 0 Å². The summed E-state index contributed by atoms with van der Waals surface area (Å²) in [7, 11) is 0. The SMILES string of the molecule is Cc1ccc(OCc2c(Cl)cccc2[N+](=O)[O-])c(C)c1. The van der Waals surface area contributed by atoms with Gasteiger partial charge in [-0.05, 0) is 31.5 Å². The molecule has 20 heavy (non-hydrogen) atoms. The van der Waals surface area contributed by atoms with Crippen molar-refractivity contribution in [2.75, 3.05) is 0 Å². The minimum absolute atomic E-state index is 0.0257. The molecule has 0 aliphatic heterocycles. The van der Waals surface area contributed by atoms with Crippen LogP contribution in [0.5, 0.6) is 5.75 Å². The fraction of sp³-hybridized carbons (Fsp3) is 0.200. The van der Waals surface area contributed by atoms with Crippen LogP contribution in [0.25, 0.3) is 0 Å². The maximum absolute atomic E-state index is 11.0. The first-order valence-electron chi connectivity index (χ1n) is 6.11. The summed E-state index contributed by atoms with van der Waals surface area (Å²) in [6.45, 7) is 4.00. The number of nitrogens with zero attached hydrogens (tertiary/aromatic N) is 1. The molecule has 2 aromatic carbocycles. The zero-order valence-corrected chi connectivity index (χ0v) is 12.0. The van der Waals surface area contributed by atoms with Crippen LogP contribution in [0.2, 0.25) is 5.02 Å². The van der Waals surface area contributed by atoms with Crippen LogP contribution in [0, 0.1) is 24.0 Å². The standard InChI is InChI=1S/C15H14ClNO3/c1-10-6-7-15(11(2)8-10)20-9-12-13(16)4-3-5-14(12)17(18)19/h3-8H,9H2,1-2H3. The first-order chi connectivity index (χ1) is 9.49. The fourth-order valence-electron chi connectivity index (χ4n) is 1.97. The van der Waals surface area contributed by atoms with Crippen LogP contribution < -0.4 is 4.74 Å². The summed E-state index contributed by atoms with van der Waals surface area (Å²) in [5.74, 6) is 0.699. The van der Waals surface area contributed by atoms with Crippen molar-refractivity contribution in [1.82, 2.24) is 0 Å². The number of nitro benzene ring substituents is 1. The molecule has 0 aliphatic rings. The molecule has 0 saturated carbocycles. The minimum Gasteiger partial charge on any atom is -0.488 e. The fourth-order valence-corrected chi connectivity index (χ4v) is 2.20. The summed E-state index contributed by atoms with van der Waals surface area (Å²) < 4.78 is 5.66. The van der Waals surface area contributed by atoms with E-state index in [0.29, 0.717) is 16.3 Å². The van der Waals surface area contributed by atoms with Crippen molar-refractivity contribution in [3.05, 3.63) is 68.2 Å². The molecule has 0 aliphatic carbocycles. The molecule has 0 N–H and O–H groups in total. The number of benzene rings is 2. The predicted molar refractivity (Wildman–Crippen MR) is 78.4 cm³/mol. The molecular formula is C15H14ClNO3. The summed E-state index contributed by atoms with van der Waals surface area (Å²) in [6, 6.07) is 10.4. The first-order valence-corrected chi connectivity index (χ1v) is 6.48. The Balaban J connectivity index is 2.25. The number of hydrogen-bond donors (Lipinski definition) is 0. The zero-order chi connectivity index (χ0) is 14.7. The van der Waals surface area contributed by atoms with Crippen molar-refractivity contribution in [3.8, 4) is 5.75 Å². The van der Waals surface area contributed by atoms with Gasteiger partial charge >= 0.3 is 0 Å². The predicted octanol–water partition coefficient (Wildman–Crippen LogP) is 4.44. The molecule has 2 rings (SSSR count). The number of ether oxygens (including phenoxy) is 1. The van der Waals surface area contributed by atoms with Gasteiger partial charge in [-0.1, -0.05) is 35.4 Å². The van der Waals surface area contributed by atoms with Gasteiger partial charge in [0.15, 0.2) is 0 Å². The van der Waals surface area contributed by atoms with Crippen molar-refractivity contribution in [2.24, 2.45) is 0 Å². The van der Waals surface area contributed by atoms with E-state index in [-0.39, 0.29) is 12.3 Å². The van der Waals surface area contributed by atoms with Crippen LogP contribution in [0.1, 0.15) is 16.7 Å². The van der Waals surface area contributed by atoms with Gasteiger partial charge in [-0.2, -0.15) is 0 Å². The van der Waals surface area contributed by atoms with E-state index in [1.165, 1.54) is 6.07 Å². The molecule has 2 aromatic rings. The minimum atomic E-state index is -0.452. The molecule has 0 unspecified atom stereocenters. The monoisotopic (exact) mass is 291 g/mol. The van der Waals surface area contributed by atoms with Gasteiger partial charge < -0.3 is 4.74 Å².